The Bertz CT molecular complexity index is 501. The molecular weight excluding hydrogens is 288 g/mol. The van der Waals surface area contributed by atoms with E-state index in [2.05, 4.69) is 22.3 Å². The van der Waals surface area contributed by atoms with Gasteiger partial charge in [0.2, 0.25) is 5.91 Å². The molecule has 23 heavy (non-hydrogen) atoms. The highest BCUT2D eigenvalue weighted by Gasteiger charge is 2.28. The number of nitrogens with zero attached hydrogens (tertiary/aromatic N) is 1. The van der Waals surface area contributed by atoms with Crippen LogP contribution in [0.2, 0.25) is 0 Å². The van der Waals surface area contributed by atoms with Crippen LogP contribution >= 0.6 is 0 Å². The number of carbonyl (C=O) groups excluding carboxylic acids is 1. The number of ether oxygens (including phenoxy) is 1. The van der Waals surface area contributed by atoms with Crippen molar-refractivity contribution >= 4 is 5.91 Å². The molecule has 4 nitrogen and oxygen atoms in total. The van der Waals surface area contributed by atoms with Gasteiger partial charge in [0, 0.05) is 13.1 Å². The maximum atomic E-state index is 12.5. The monoisotopic (exact) mass is 316 g/mol. The summed E-state index contributed by atoms with van der Waals surface area (Å²) in [4.78, 5) is 14.6. The van der Waals surface area contributed by atoms with Gasteiger partial charge in [-0.05, 0) is 62.3 Å². The lowest BCUT2D eigenvalue weighted by Crippen LogP contribution is -2.50. The third-order valence-corrected chi connectivity index (χ3v) is 5.22. The van der Waals surface area contributed by atoms with Gasteiger partial charge in [-0.25, -0.2) is 0 Å². The quantitative estimate of drug-likeness (QED) is 0.928. The molecule has 1 aromatic rings. The average Bonchev–Trinajstić information content (AvgIpc) is 2.63. The number of carbonyl (C=O) groups is 1. The number of benzene rings is 1. The summed E-state index contributed by atoms with van der Waals surface area (Å²) in [5.41, 5.74) is 1.37. The lowest BCUT2D eigenvalue weighted by atomic mass is 9.89. The van der Waals surface area contributed by atoms with Crippen molar-refractivity contribution in [3.8, 4) is 5.75 Å². The van der Waals surface area contributed by atoms with Gasteiger partial charge in [-0.1, -0.05) is 18.6 Å². The topological polar surface area (TPSA) is 41.6 Å². The summed E-state index contributed by atoms with van der Waals surface area (Å²) in [7, 11) is 1.70. The van der Waals surface area contributed by atoms with Gasteiger partial charge in [-0.3, -0.25) is 4.79 Å². The highest BCUT2D eigenvalue weighted by Crippen LogP contribution is 2.24. The maximum absolute atomic E-state index is 12.5. The highest BCUT2D eigenvalue weighted by atomic mass is 16.5. The molecule has 1 atom stereocenters. The van der Waals surface area contributed by atoms with Crippen LogP contribution in [-0.4, -0.2) is 43.6 Å². The SMILES string of the molecule is COc1ccc(CC2CCN(C(=O)C3CCCCN3)CC2)cc1. The molecule has 1 aromatic carbocycles. The fourth-order valence-electron chi connectivity index (χ4n) is 3.74. The molecule has 1 N–H and O–H groups in total. The Labute approximate surface area is 139 Å². The van der Waals surface area contributed by atoms with Crippen LogP contribution in [0.1, 0.15) is 37.7 Å². The van der Waals surface area contributed by atoms with Crippen LogP contribution in [0.15, 0.2) is 24.3 Å². The Morgan fingerprint density at radius 3 is 2.52 bits per heavy atom. The molecule has 4 heteroatoms. The van der Waals surface area contributed by atoms with Crippen molar-refractivity contribution in [3.05, 3.63) is 29.8 Å². The average molecular weight is 316 g/mol. The van der Waals surface area contributed by atoms with Crippen LogP contribution in [0.5, 0.6) is 5.75 Å². The van der Waals surface area contributed by atoms with E-state index >= 15 is 0 Å². The Hall–Kier alpha value is -1.55. The largest absolute Gasteiger partial charge is 0.497 e. The normalized spacial score (nSPS) is 22.8. The zero-order valence-corrected chi connectivity index (χ0v) is 14.1. The number of methoxy groups -OCH3 is 1. The second-order valence-corrected chi connectivity index (χ2v) is 6.82. The highest BCUT2D eigenvalue weighted by molar-refractivity contribution is 5.82. The molecule has 0 bridgehead atoms. The summed E-state index contributed by atoms with van der Waals surface area (Å²) < 4.78 is 5.21. The van der Waals surface area contributed by atoms with Gasteiger partial charge < -0.3 is 15.0 Å². The molecule has 3 rings (SSSR count). The van der Waals surface area contributed by atoms with E-state index in [0.717, 1.165) is 51.1 Å². The van der Waals surface area contributed by atoms with Crippen molar-refractivity contribution in [1.82, 2.24) is 10.2 Å². The van der Waals surface area contributed by atoms with Crippen LogP contribution in [0.25, 0.3) is 0 Å². The van der Waals surface area contributed by atoms with E-state index in [1.807, 2.05) is 12.1 Å². The van der Waals surface area contributed by atoms with Crippen LogP contribution < -0.4 is 10.1 Å². The molecule has 1 unspecified atom stereocenters. The Morgan fingerprint density at radius 2 is 1.91 bits per heavy atom. The van der Waals surface area contributed by atoms with E-state index in [0.29, 0.717) is 11.8 Å². The van der Waals surface area contributed by atoms with Gasteiger partial charge >= 0.3 is 0 Å². The zero-order valence-electron chi connectivity index (χ0n) is 14.1. The number of hydrogen-bond donors (Lipinski definition) is 1. The second-order valence-electron chi connectivity index (χ2n) is 6.82. The Kier molecular flexibility index (Phi) is 5.55. The lowest BCUT2D eigenvalue weighted by Gasteiger charge is -2.35. The van der Waals surface area contributed by atoms with E-state index in [1.165, 1.54) is 18.4 Å². The number of piperidine rings is 2. The van der Waals surface area contributed by atoms with Crippen LogP contribution in [0, 0.1) is 5.92 Å². The molecule has 0 aromatic heterocycles. The first-order valence-corrected chi connectivity index (χ1v) is 8.91. The predicted octanol–water partition coefficient (Wildman–Crippen LogP) is 2.62. The Morgan fingerprint density at radius 1 is 1.17 bits per heavy atom. The molecular formula is C19H28N2O2. The van der Waals surface area contributed by atoms with Crippen LogP contribution in [0.3, 0.4) is 0 Å². The summed E-state index contributed by atoms with van der Waals surface area (Å²) in [6, 6.07) is 8.44. The van der Waals surface area contributed by atoms with E-state index in [9.17, 15) is 4.79 Å². The number of likely N-dealkylation sites (tertiary alicyclic amines) is 1. The smallest absolute Gasteiger partial charge is 0.239 e. The maximum Gasteiger partial charge on any atom is 0.239 e. The van der Waals surface area contributed by atoms with Crippen molar-refractivity contribution in [3.63, 3.8) is 0 Å². The molecule has 2 aliphatic rings. The number of hydrogen-bond acceptors (Lipinski definition) is 3. The van der Waals surface area contributed by atoms with Crippen molar-refractivity contribution in [2.75, 3.05) is 26.7 Å². The van der Waals surface area contributed by atoms with Gasteiger partial charge in [0.15, 0.2) is 0 Å². The molecule has 126 valence electrons. The molecule has 0 aliphatic carbocycles. The van der Waals surface area contributed by atoms with Gasteiger partial charge in [0.25, 0.3) is 0 Å². The third-order valence-electron chi connectivity index (χ3n) is 5.22. The van der Waals surface area contributed by atoms with Gasteiger partial charge in [-0.2, -0.15) is 0 Å². The van der Waals surface area contributed by atoms with E-state index in [4.69, 9.17) is 4.74 Å². The summed E-state index contributed by atoms with van der Waals surface area (Å²) in [5, 5.41) is 3.37. The standard InChI is InChI=1S/C19H28N2O2/c1-23-17-7-5-15(6-8-17)14-16-9-12-21(13-10-16)19(22)18-4-2-3-11-20-18/h5-8,16,18,20H,2-4,9-14H2,1H3. The van der Waals surface area contributed by atoms with Crippen LogP contribution in [-0.2, 0) is 11.2 Å². The van der Waals surface area contributed by atoms with Crippen LogP contribution in [0.4, 0.5) is 0 Å². The number of amides is 1. The third kappa shape index (κ3) is 4.25. The van der Waals surface area contributed by atoms with Gasteiger partial charge in [0.05, 0.1) is 13.2 Å². The molecule has 2 heterocycles. The van der Waals surface area contributed by atoms with Crippen molar-refractivity contribution in [2.45, 2.75) is 44.6 Å². The number of nitrogens with one attached hydrogen (secondary N) is 1. The summed E-state index contributed by atoms with van der Waals surface area (Å²) >= 11 is 0. The van der Waals surface area contributed by atoms with E-state index in [1.54, 1.807) is 7.11 Å². The molecule has 2 aliphatic heterocycles. The summed E-state index contributed by atoms with van der Waals surface area (Å²) in [6.07, 6.45) is 6.72. The molecule has 0 radical (unpaired) electrons. The van der Waals surface area contributed by atoms with E-state index < -0.39 is 0 Å². The molecule has 2 saturated heterocycles. The minimum Gasteiger partial charge on any atom is -0.497 e. The molecule has 0 spiro atoms. The summed E-state index contributed by atoms with van der Waals surface area (Å²) in [6.45, 7) is 2.82. The first-order chi connectivity index (χ1) is 11.3. The van der Waals surface area contributed by atoms with Gasteiger partial charge in [-0.15, -0.1) is 0 Å². The predicted molar refractivity (Wildman–Crippen MR) is 91.6 cm³/mol. The summed E-state index contributed by atoms with van der Waals surface area (Å²) in [5.74, 6) is 1.92. The van der Waals surface area contributed by atoms with Crippen molar-refractivity contribution < 1.29 is 9.53 Å². The minimum absolute atomic E-state index is 0.0712. The van der Waals surface area contributed by atoms with E-state index in [-0.39, 0.29) is 6.04 Å². The number of rotatable bonds is 4. The van der Waals surface area contributed by atoms with Gasteiger partial charge in [0.1, 0.15) is 5.75 Å². The first kappa shape index (κ1) is 16.3. The first-order valence-electron chi connectivity index (χ1n) is 8.91. The second kappa shape index (κ2) is 7.82. The fourth-order valence-corrected chi connectivity index (χ4v) is 3.74. The zero-order chi connectivity index (χ0) is 16.1. The van der Waals surface area contributed by atoms with Crippen molar-refractivity contribution in [2.24, 2.45) is 5.92 Å². The van der Waals surface area contributed by atoms with Crippen molar-refractivity contribution in [1.29, 1.82) is 0 Å². The lowest BCUT2D eigenvalue weighted by molar-refractivity contribution is -0.135. The Balaban J connectivity index is 1.46. The molecule has 1 amide bonds. The minimum atomic E-state index is 0.0712. The molecule has 2 fully saturated rings. The molecule has 0 saturated carbocycles. The fraction of sp³-hybridized carbons (Fsp3) is 0.632.